The minimum atomic E-state index is -0.483. The van der Waals surface area contributed by atoms with Crippen molar-refractivity contribution in [1.82, 2.24) is 16.0 Å². The van der Waals surface area contributed by atoms with Crippen molar-refractivity contribution >= 4 is 35.6 Å². The van der Waals surface area contributed by atoms with Crippen molar-refractivity contribution in [3.63, 3.8) is 0 Å². The minimum Gasteiger partial charge on any atom is -0.484 e. The molecule has 2 aliphatic heterocycles. The molecule has 11 heteroatoms. The van der Waals surface area contributed by atoms with E-state index in [2.05, 4.69) is 34.2 Å². The number of benzene rings is 1. The molecule has 0 radical (unpaired) electrons. The number of nitrogens with two attached hydrogens (primary N) is 1. The van der Waals surface area contributed by atoms with Gasteiger partial charge in [0.25, 0.3) is 5.91 Å². The van der Waals surface area contributed by atoms with E-state index < -0.39 is 5.91 Å². The van der Waals surface area contributed by atoms with Gasteiger partial charge < -0.3 is 31.2 Å². The number of rotatable bonds is 21. The number of allylic oxidation sites excluding steroid dienone is 4. The van der Waals surface area contributed by atoms with Gasteiger partial charge >= 0.3 is 12.0 Å². The molecule has 4 aliphatic rings. The molecule has 1 aromatic carbocycles. The van der Waals surface area contributed by atoms with Crippen LogP contribution in [0.5, 0.6) is 5.75 Å². The number of nitrogens with one attached hydrogen (secondary N) is 3. The summed E-state index contributed by atoms with van der Waals surface area (Å²) in [6.45, 7) is 0.977. The van der Waals surface area contributed by atoms with Crippen LogP contribution in [0.3, 0.4) is 0 Å². The zero-order chi connectivity index (χ0) is 33.7. The van der Waals surface area contributed by atoms with Crippen LogP contribution in [0, 0.1) is 0 Å². The summed E-state index contributed by atoms with van der Waals surface area (Å²) < 4.78 is 10.9. The minimum absolute atomic E-state index is 0.0554. The quantitative estimate of drug-likeness (QED) is 0.0755. The highest BCUT2D eigenvalue weighted by Gasteiger charge is 2.42. The van der Waals surface area contributed by atoms with Crippen LogP contribution in [-0.2, 0) is 19.1 Å². The molecule has 48 heavy (non-hydrogen) atoms. The first-order chi connectivity index (χ1) is 23.4. The second kappa shape index (κ2) is 18.3. The van der Waals surface area contributed by atoms with Gasteiger partial charge in [0.15, 0.2) is 6.61 Å². The second-order valence-electron chi connectivity index (χ2n) is 13.4. The third-order valence-electron chi connectivity index (χ3n) is 9.81. The van der Waals surface area contributed by atoms with Crippen molar-refractivity contribution in [2.24, 2.45) is 5.73 Å². The van der Waals surface area contributed by atoms with E-state index in [1.54, 1.807) is 0 Å². The maximum absolute atomic E-state index is 12.2. The lowest BCUT2D eigenvalue weighted by Gasteiger charge is -2.25. The van der Waals surface area contributed by atoms with E-state index in [1.165, 1.54) is 28.7 Å². The maximum Gasteiger partial charge on any atom is 0.315 e. The van der Waals surface area contributed by atoms with Crippen LogP contribution in [0.25, 0.3) is 0 Å². The average molecular weight is 681 g/mol. The first-order valence-electron chi connectivity index (χ1n) is 17.9. The molecule has 5 N–H and O–H groups in total. The van der Waals surface area contributed by atoms with Crippen molar-refractivity contribution in [3.8, 4) is 5.75 Å². The highest BCUT2D eigenvalue weighted by atomic mass is 32.2. The number of unbranched alkanes of at least 4 members (excludes halogenated alkanes) is 5. The summed E-state index contributed by atoms with van der Waals surface area (Å²) in [7, 11) is 0. The Morgan fingerprint density at radius 2 is 1.75 bits per heavy atom. The molecule has 2 heterocycles. The monoisotopic (exact) mass is 680 g/mol. The van der Waals surface area contributed by atoms with Crippen LogP contribution in [0.4, 0.5) is 4.79 Å². The van der Waals surface area contributed by atoms with Gasteiger partial charge in [-0.2, -0.15) is 11.8 Å². The van der Waals surface area contributed by atoms with Gasteiger partial charge in [-0.25, -0.2) is 4.79 Å². The number of ether oxygens (including phenoxy) is 2. The van der Waals surface area contributed by atoms with Gasteiger partial charge in [-0.05, 0) is 93.9 Å². The lowest BCUT2D eigenvalue weighted by molar-refractivity contribution is -0.143. The molecule has 2 bridgehead atoms. The van der Waals surface area contributed by atoms with Gasteiger partial charge in [-0.3, -0.25) is 14.4 Å². The number of carbonyl (C=O) groups excluding carboxylic acids is 4. The maximum atomic E-state index is 12.2. The van der Waals surface area contributed by atoms with Crippen molar-refractivity contribution in [2.45, 2.75) is 120 Å². The van der Waals surface area contributed by atoms with Crippen molar-refractivity contribution in [1.29, 1.82) is 0 Å². The van der Waals surface area contributed by atoms with Gasteiger partial charge in [0.05, 0.1) is 18.7 Å². The van der Waals surface area contributed by atoms with Gasteiger partial charge in [0.1, 0.15) is 5.75 Å². The number of fused-ring (bicyclic) bond motifs is 3. The van der Waals surface area contributed by atoms with Crippen LogP contribution in [0.2, 0.25) is 0 Å². The predicted octanol–water partition coefficient (Wildman–Crippen LogP) is 5.56. The van der Waals surface area contributed by atoms with Crippen LogP contribution < -0.4 is 26.4 Å². The Kier molecular flexibility index (Phi) is 13.7. The van der Waals surface area contributed by atoms with Gasteiger partial charge in [0, 0.05) is 36.3 Å². The molecule has 0 spiro atoms. The van der Waals surface area contributed by atoms with E-state index in [4.69, 9.17) is 15.2 Å². The largest absolute Gasteiger partial charge is 0.484 e. The Bertz CT molecular complexity index is 1350. The molecule has 5 rings (SSSR count). The average Bonchev–Trinajstić information content (AvgIpc) is 3.69. The normalized spacial score (nSPS) is 22.5. The van der Waals surface area contributed by atoms with E-state index in [-0.39, 0.29) is 36.6 Å². The first-order valence-corrected chi connectivity index (χ1v) is 19.0. The molecular formula is C37H52N4O6S. The van der Waals surface area contributed by atoms with Crippen LogP contribution in [0.15, 0.2) is 47.1 Å². The van der Waals surface area contributed by atoms with Crippen LogP contribution in [-0.4, -0.2) is 66.7 Å². The number of hydrogen-bond donors (Lipinski definition) is 4. The molecule has 262 valence electrons. The number of urea groups is 1. The number of esters is 1. The summed E-state index contributed by atoms with van der Waals surface area (Å²) in [6, 6.07) is 8.45. The highest BCUT2D eigenvalue weighted by Crippen LogP contribution is 2.49. The molecule has 1 aromatic rings. The molecule has 1 saturated carbocycles. The summed E-state index contributed by atoms with van der Waals surface area (Å²) in [6.07, 6.45) is 16.3. The lowest BCUT2D eigenvalue weighted by atomic mass is 9.79. The fraction of sp³-hybridized carbons (Fsp3) is 0.622. The molecule has 4 amide bonds. The number of thioether (sulfide) groups is 1. The van der Waals surface area contributed by atoms with Crippen molar-refractivity contribution in [2.75, 3.05) is 25.5 Å². The molecule has 2 aliphatic carbocycles. The van der Waals surface area contributed by atoms with Crippen LogP contribution in [0.1, 0.15) is 108 Å². The van der Waals surface area contributed by atoms with E-state index in [0.717, 1.165) is 82.8 Å². The predicted molar refractivity (Wildman–Crippen MR) is 188 cm³/mol. The Morgan fingerprint density at radius 3 is 2.58 bits per heavy atom. The zero-order valence-corrected chi connectivity index (χ0v) is 28.9. The molecular weight excluding hydrogens is 628 g/mol. The molecule has 2 saturated heterocycles. The van der Waals surface area contributed by atoms with E-state index in [0.29, 0.717) is 42.9 Å². The number of hydrogen-bond acceptors (Lipinski definition) is 7. The van der Waals surface area contributed by atoms with Gasteiger partial charge in [-0.1, -0.05) is 42.2 Å². The lowest BCUT2D eigenvalue weighted by Crippen LogP contribution is -2.36. The Hall–Kier alpha value is -3.47. The summed E-state index contributed by atoms with van der Waals surface area (Å²) in [5, 5.41) is 9.42. The van der Waals surface area contributed by atoms with E-state index in [9.17, 15) is 19.2 Å². The molecule has 4 atom stereocenters. The second-order valence-corrected chi connectivity index (χ2v) is 14.7. The van der Waals surface area contributed by atoms with Gasteiger partial charge in [0.2, 0.25) is 5.91 Å². The zero-order valence-electron chi connectivity index (χ0n) is 28.1. The fourth-order valence-electron chi connectivity index (χ4n) is 7.39. The van der Waals surface area contributed by atoms with Crippen molar-refractivity contribution in [3.05, 3.63) is 52.6 Å². The SMILES string of the molecule is NC(=O)COc1ccc(C2C3=CC(CCCCCC(=O)OCCCCCNC(=O)CCCC[C@H]4SC[C@@H]5NC(=O)N[C@@H]54)=C2CCC3)cc1. The standard InChI is InChI=1S/C37H52N4O6S/c38-32(42)23-47-28-18-16-25(17-19-28)35-27-11-9-12-29(35)26(22-27)10-3-1-4-15-34(44)46-21-8-2-7-20-39-33(43)14-6-5-13-31-36-30(24-48-31)40-37(45)41-36/h16-19,22,30-31,35-36H,1-15,20-21,23-24H2,(H2,38,42)(H,39,43)(H2,40,41,45)/t30-,31+,35?,36-/m0/s1. The summed E-state index contributed by atoms with van der Waals surface area (Å²) in [5.74, 6) is 1.46. The molecule has 1 unspecified atom stereocenters. The van der Waals surface area contributed by atoms with Crippen molar-refractivity contribution < 1.29 is 28.7 Å². The third kappa shape index (κ3) is 10.5. The molecule has 3 fully saturated rings. The summed E-state index contributed by atoms with van der Waals surface area (Å²) in [4.78, 5) is 46.9. The number of primary amides is 1. The number of carbonyl (C=O) groups is 4. The fourth-order valence-corrected chi connectivity index (χ4v) is 8.93. The third-order valence-corrected chi connectivity index (χ3v) is 11.3. The van der Waals surface area contributed by atoms with E-state index in [1.807, 2.05) is 23.9 Å². The first kappa shape index (κ1) is 35.8. The van der Waals surface area contributed by atoms with Crippen LogP contribution >= 0.6 is 11.8 Å². The smallest absolute Gasteiger partial charge is 0.315 e. The summed E-state index contributed by atoms with van der Waals surface area (Å²) >= 11 is 1.91. The number of amides is 4. The Morgan fingerprint density at radius 1 is 0.938 bits per heavy atom. The van der Waals surface area contributed by atoms with E-state index >= 15 is 0 Å². The molecule has 0 aromatic heterocycles. The summed E-state index contributed by atoms with van der Waals surface area (Å²) in [5.41, 5.74) is 10.9. The Labute approximate surface area is 288 Å². The topological polar surface area (TPSA) is 149 Å². The van der Waals surface area contributed by atoms with Gasteiger partial charge in [-0.15, -0.1) is 0 Å². The molecule has 10 nitrogen and oxygen atoms in total. The Balaban J connectivity index is 0.854. The highest BCUT2D eigenvalue weighted by molar-refractivity contribution is 8.00.